The molecule has 0 spiro atoms. The Hall–Kier alpha value is -1.72. The standard InChI is InChI=1S/C19H26N4O/c1-23-11-10-22-18(23)17-15(6-12-24-17)13-20-14-19(7-4-8-19)16-5-2-3-9-21-16/h2-3,5,9-11,15,17,20H,4,6-8,12-14H2,1H3/t15-,17+/m0/s1. The molecule has 1 aliphatic heterocycles. The van der Waals surface area contributed by atoms with E-state index in [2.05, 4.69) is 32.0 Å². The minimum absolute atomic E-state index is 0.115. The summed E-state index contributed by atoms with van der Waals surface area (Å²) in [6.07, 6.45) is 10.8. The highest BCUT2D eigenvalue weighted by Crippen LogP contribution is 2.42. The maximum absolute atomic E-state index is 5.96. The van der Waals surface area contributed by atoms with Crippen LogP contribution in [-0.4, -0.2) is 34.2 Å². The molecule has 1 aliphatic carbocycles. The lowest BCUT2D eigenvalue weighted by Crippen LogP contribution is -2.45. The summed E-state index contributed by atoms with van der Waals surface area (Å²) in [5.41, 5.74) is 1.48. The van der Waals surface area contributed by atoms with Gasteiger partial charge in [0.15, 0.2) is 0 Å². The Morgan fingerprint density at radius 3 is 2.88 bits per heavy atom. The van der Waals surface area contributed by atoms with E-state index in [1.54, 1.807) is 0 Å². The van der Waals surface area contributed by atoms with Crippen molar-refractivity contribution < 1.29 is 4.74 Å². The molecule has 2 aliphatic rings. The molecule has 1 saturated carbocycles. The zero-order chi connectivity index (χ0) is 16.4. The molecule has 1 N–H and O–H groups in total. The summed E-state index contributed by atoms with van der Waals surface area (Å²) < 4.78 is 8.04. The van der Waals surface area contributed by atoms with Gasteiger partial charge in [0.2, 0.25) is 0 Å². The Morgan fingerprint density at radius 1 is 1.29 bits per heavy atom. The summed E-state index contributed by atoms with van der Waals surface area (Å²) in [7, 11) is 2.04. The molecule has 2 aromatic rings. The summed E-state index contributed by atoms with van der Waals surface area (Å²) in [6, 6.07) is 6.27. The quantitative estimate of drug-likeness (QED) is 0.886. The molecule has 5 heteroatoms. The molecule has 4 rings (SSSR count). The average molecular weight is 326 g/mol. The van der Waals surface area contributed by atoms with Gasteiger partial charge >= 0.3 is 0 Å². The fourth-order valence-electron chi connectivity index (χ4n) is 4.08. The van der Waals surface area contributed by atoms with Gasteiger partial charge in [-0.2, -0.15) is 0 Å². The summed E-state index contributed by atoms with van der Waals surface area (Å²) in [6.45, 7) is 2.81. The van der Waals surface area contributed by atoms with Crippen molar-refractivity contribution in [2.24, 2.45) is 13.0 Å². The first kappa shape index (κ1) is 15.8. The number of imidazole rings is 1. The molecule has 0 unspecified atom stereocenters. The molecule has 3 heterocycles. The molecule has 128 valence electrons. The van der Waals surface area contributed by atoms with E-state index in [1.807, 2.05) is 31.7 Å². The topological polar surface area (TPSA) is 52.0 Å². The predicted molar refractivity (Wildman–Crippen MR) is 92.6 cm³/mol. The predicted octanol–water partition coefficient (Wildman–Crippen LogP) is 2.60. The number of aromatic nitrogens is 3. The zero-order valence-corrected chi connectivity index (χ0v) is 14.3. The van der Waals surface area contributed by atoms with Gasteiger partial charge in [-0.1, -0.05) is 12.5 Å². The van der Waals surface area contributed by atoms with Crippen molar-refractivity contribution in [2.75, 3.05) is 19.7 Å². The number of aryl methyl sites for hydroxylation is 1. The van der Waals surface area contributed by atoms with Crippen LogP contribution in [0, 0.1) is 5.92 Å². The molecule has 1 saturated heterocycles. The van der Waals surface area contributed by atoms with Crippen molar-refractivity contribution >= 4 is 0 Å². The van der Waals surface area contributed by atoms with Crippen LogP contribution >= 0.6 is 0 Å². The maximum Gasteiger partial charge on any atom is 0.137 e. The molecule has 0 radical (unpaired) electrons. The van der Waals surface area contributed by atoms with Crippen molar-refractivity contribution in [3.63, 3.8) is 0 Å². The van der Waals surface area contributed by atoms with Gasteiger partial charge in [-0.15, -0.1) is 0 Å². The van der Waals surface area contributed by atoms with E-state index in [1.165, 1.54) is 25.0 Å². The normalized spacial score (nSPS) is 25.5. The van der Waals surface area contributed by atoms with Crippen LogP contribution in [0.2, 0.25) is 0 Å². The van der Waals surface area contributed by atoms with Gasteiger partial charge in [-0.25, -0.2) is 4.98 Å². The van der Waals surface area contributed by atoms with E-state index < -0.39 is 0 Å². The van der Waals surface area contributed by atoms with Crippen LogP contribution in [0.1, 0.15) is 43.3 Å². The van der Waals surface area contributed by atoms with E-state index in [0.717, 1.165) is 31.9 Å². The van der Waals surface area contributed by atoms with E-state index in [4.69, 9.17) is 4.74 Å². The monoisotopic (exact) mass is 326 g/mol. The number of hydrogen-bond acceptors (Lipinski definition) is 4. The molecule has 0 amide bonds. The molecule has 2 fully saturated rings. The van der Waals surface area contributed by atoms with Crippen molar-refractivity contribution in [1.82, 2.24) is 19.9 Å². The zero-order valence-electron chi connectivity index (χ0n) is 14.3. The van der Waals surface area contributed by atoms with Crippen LogP contribution < -0.4 is 5.32 Å². The lowest BCUT2D eigenvalue weighted by Gasteiger charge is -2.42. The first-order chi connectivity index (χ1) is 11.8. The van der Waals surface area contributed by atoms with Crippen molar-refractivity contribution in [3.05, 3.63) is 48.3 Å². The van der Waals surface area contributed by atoms with E-state index in [9.17, 15) is 0 Å². The maximum atomic E-state index is 5.96. The number of nitrogens with zero attached hydrogens (tertiary/aromatic N) is 3. The molecular weight excluding hydrogens is 300 g/mol. The summed E-state index contributed by atoms with van der Waals surface area (Å²) in [5, 5.41) is 3.72. The summed E-state index contributed by atoms with van der Waals surface area (Å²) >= 11 is 0. The largest absolute Gasteiger partial charge is 0.370 e. The molecule has 0 aromatic carbocycles. The van der Waals surface area contributed by atoms with E-state index in [-0.39, 0.29) is 11.5 Å². The Balaban J connectivity index is 1.37. The van der Waals surface area contributed by atoms with Crippen LogP contribution in [0.4, 0.5) is 0 Å². The third-order valence-corrected chi connectivity index (χ3v) is 5.72. The highest BCUT2D eigenvalue weighted by molar-refractivity contribution is 5.21. The van der Waals surface area contributed by atoms with E-state index in [0.29, 0.717) is 5.92 Å². The van der Waals surface area contributed by atoms with Gasteiger partial charge in [-0.05, 0) is 31.4 Å². The van der Waals surface area contributed by atoms with Crippen molar-refractivity contribution in [3.8, 4) is 0 Å². The summed E-state index contributed by atoms with van der Waals surface area (Å²) in [5.74, 6) is 1.54. The SMILES string of the molecule is Cn1ccnc1[C@@H]1OCC[C@H]1CNCC1(c2ccccn2)CCC1. The molecule has 5 nitrogen and oxygen atoms in total. The Kier molecular flexibility index (Phi) is 4.37. The van der Waals surface area contributed by atoms with Crippen LogP contribution in [0.15, 0.2) is 36.8 Å². The third kappa shape index (κ3) is 2.87. The number of pyridine rings is 1. The molecule has 24 heavy (non-hydrogen) atoms. The second-order valence-corrected chi connectivity index (χ2v) is 7.22. The first-order valence-electron chi connectivity index (χ1n) is 9.00. The van der Waals surface area contributed by atoms with Crippen molar-refractivity contribution in [1.29, 1.82) is 0 Å². The van der Waals surface area contributed by atoms with Gasteiger partial charge in [0.25, 0.3) is 0 Å². The lowest BCUT2D eigenvalue weighted by molar-refractivity contribution is 0.0801. The molecule has 2 aromatic heterocycles. The second kappa shape index (κ2) is 6.65. The van der Waals surface area contributed by atoms with Crippen LogP contribution in [0.5, 0.6) is 0 Å². The Morgan fingerprint density at radius 2 is 2.21 bits per heavy atom. The van der Waals surface area contributed by atoms with Gasteiger partial charge in [0, 0.05) is 62.4 Å². The highest BCUT2D eigenvalue weighted by Gasteiger charge is 2.40. The number of hydrogen-bond donors (Lipinski definition) is 1. The summed E-state index contributed by atoms with van der Waals surface area (Å²) in [4.78, 5) is 9.09. The fourth-order valence-corrected chi connectivity index (χ4v) is 4.08. The number of ether oxygens (including phenoxy) is 1. The van der Waals surface area contributed by atoms with Crippen LogP contribution in [0.25, 0.3) is 0 Å². The van der Waals surface area contributed by atoms with Crippen molar-refractivity contribution in [2.45, 2.75) is 37.2 Å². The first-order valence-corrected chi connectivity index (χ1v) is 9.00. The van der Waals surface area contributed by atoms with Crippen LogP contribution in [-0.2, 0) is 17.2 Å². The lowest BCUT2D eigenvalue weighted by atomic mass is 9.66. The number of nitrogens with one attached hydrogen (secondary N) is 1. The molecule has 0 bridgehead atoms. The van der Waals surface area contributed by atoms with Gasteiger partial charge in [0.05, 0.1) is 0 Å². The van der Waals surface area contributed by atoms with Gasteiger partial charge in [0.1, 0.15) is 11.9 Å². The third-order valence-electron chi connectivity index (χ3n) is 5.72. The minimum Gasteiger partial charge on any atom is -0.370 e. The average Bonchev–Trinajstić information content (AvgIpc) is 3.19. The van der Waals surface area contributed by atoms with Crippen LogP contribution in [0.3, 0.4) is 0 Å². The second-order valence-electron chi connectivity index (χ2n) is 7.22. The van der Waals surface area contributed by atoms with E-state index >= 15 is 0 Å². The number of rotatable bonds is 6. The van der Waals surface area contributed by atoms with Gasteiger partial charge in [-0.3, -0.25) is 4.98 Å². The Bertz CT molecular complexity index is 665. The van der Waals surface area contributed by atoms with Gasteiger partial charge < -0.3 is 14.6 Å². The Labute approximate surface area is 143 Å². The smallest absolute Gasteiger partial charge is 0.137 e. The molecule has 2 atom stereocenters. The molecular formula is C19H26N4O. The highest BCUT2D eigenvalue weighted by atomic mass is 16.5. The fraction of sp³-hybridized carbons (Fsp3) is 0.579. The minimum atomic E-state index is 0.115.